The molecule has 0 fully saturated rings. The van der Waals surface area contributed by atoms with Crippen LogP contribution >= 0.6 is 23.4 Å². The van der Waals surface area contributed by atoms with Crippen LogP contribution in [-0.2, 0) is 14.8 Å². The highest BCUT2D eigenvalue weighted by molar-refractivity contribution is 8.00. The van der Waals surface area contributed by atoms with Crippen LogP contribution in [0.2, 0.25) is 5.02 Å². The number of hydrogen-bond acceptors (Lipinski definition) is 4. The summed E-state index contributed by atoms with van der Waals surface area (Å²) < 4.78 is 39.3. The first-order chi connectivity index (χ1) is 11.7. The molecule has 25 heavy (non-hydrogen) atoms. The van der Waals surface area contributed by atoms with E-state index in [1.165, 1.54) is 43.1 Å². The van der Waals surface area contributed by atoms with Crippen molar-refractivity contribution in [2.45, 2.75) is 16.7 Å². The van der Waals surface area contributed by atoms with Gasteiger partial charge in [0, 0.05) is 10.6 Å². The summed E-state index contributed by atoms with van der Waals surface area (Å²) in [5, 5.41) is 2.63. The van der Waals surface area contributed by atoms with Crippen LogP contribution in [0.15, 0.2) is 46.2 Å². The molecule has 0 aliphatic heterocycles. The van der Waals surface area contributed by atoms with Crippen molar-refractivity contribution in [1.29, 1.82) is 0 Å². The largest absolute Gasteiger partial charge is 0.325 e. The molecule has 0 aliphatic carbocycles. The number of benzene rings is 2. The maximum atomic E-state index is 13.1. The molecule has 9 heteroatoms. The molecule has 0 heterocycles. The molecule has 134 valence electrons. The highest BCUT2D eigenvalue weighted by Crippen LogP contribution is 2.25. The van der Waals surface area contributed by atoms with Crippen LogP contribution in [0.25, 0.3) is 0 Å². The van der Waals surface area contributed by atoms with E-state index in [0.29, 0.717) is 16.1 Å². The summed E-state index contributed by atoms with van der Waals surface area (Å²) in [4.78, 5) is 12.8. The summed E-state index contributed by atoms with van der Waals surface area (Å²) in [5.41, 5.74) is 0.949. The molecule has 0 atom stereocenters. The molecule has 2 aromatic carbocycles. The smallest absolute Gasteiger partial charge is 0.240 e. The minimum atomic E-state index is -3.61. The van der Waals surface area contributed by atoms with E-state index in [2.05, 4.69) is 10.0 Å². The normalized spacial score (nSPS) is 11.4. The standard InChI is InChI=1S/C16H16ClFN2O3S2/c1-10-3-4-11(7-15(10)25(22,23)19-2)20-16(21)9-24-12-5-6-14(18)13(17)8-12/h3-8,19H,9H2,1-2H3,(H,20,21). The number of carbonyl (C=O) groups excluding carboxylic acids is 1. The van der Waals surface area contributed by atoms with Crippen LogP contribution in [0.3, 0.4) is 0 Å². The van der Waals surface area contributed by atoms with Gasteiger partial charge in [-0.05, 0) is 49.9 Å². The first-order valence-electron chi connectivity index (χ1n) is 7.15. The maximum absolute atomic E-state index is 13.1. The summed E-state index contributed by atoms with van der Waals surface area (Å²) in [6.07, 6.45) is 0. The average molecular weight is 403 g/mol. The molecule has 0 aliphatic rings. The Morgan fingerprint density at radius 3 is 2.60 bits per heavy atom. The molecule has 1 amide bonds. The molecule has 5 nitrogen and oxygen atoms in total. The Balaban J connectivity index is 2.05. The number of halogens is 2. The molecular weight excluding hydrogens is 387 g/mol. The van der Waals surface area contributed by atoms with E-state index in [9.17, 15) is 17.6 Å². The number of amides is 1. The molecule has 2 N–H and O–H groups in total. The highest BCUT2D eigenvalue weighted by atomic mass is 35.5. The fraction of sp³-hybridized carbons (Fsp3) is 0.188. The summed E-state index contributed by atoms with van der Waals surface area (Å²) in [5.74, 6) is -0.764. The van der Waals surface area contributed by atoms with E-state index >= 15 is 0 Å². The fourth-order valence-corrected chi connectivity index (χ4v) is 3.96. The Labute approximate surface area is 155 Å². The van der Waals surface area contributed by atoms with E-state index in [-0.39, 0.29) is 21.6 Å². The van der Waals surface area contributed by atoms with Gasteiger partial charge in [-0.1, -0.05) is 17.7 Å². The van der Waals surface area contributed by atoms with Gasteiger partial charge in [0.2, 0.25) is 15.9 Å². The Bertz CT molecular complexity index is 904. The maximum Gasteiger partial charge on any atom is 0.240 e. The van der Waals surface area contributed by atoms with Crippen molar-refractivity contribution >= 4 is 45.0 Å². The van der Waals surface area contributed by atoms with E-state index in [1.807, 2.05) is 0 Å². The molecule has 0 radical (unpaired) electrons. The molecule has 0 unspecified atom stereocenters. The summed E-state index contributed by atoms with van der Waals surface area (Å²) in [6, 6.07) is 8.85. The molecule has 2 aromatic rings. The van der Waals surface area contributed by atoms with Gasteiger partial charge in [0.25, 0.3) is 0 Å². The first kappa shape index (κ1) is 19.7. The van der Waals surface area contributed by atoms with Crippen LogP contribution in [0.4, 0.5) is 10.1 Å². The van der Waals surface area contributed by atoms with Gasteiger partial charge in [-0.3, -0.25) is 4.79 Å². The molecular formula is C16H16ClFN2O3S2. The lowest BCUT2D eigenvalue weighted by atomic mass is 10.2. The van der Waals surface area contributed by atoms with Gasteiger partial charge in [-0.25, -0.2) is 17.5 Å². The van der Waals surface area contributed by atoms with Crippen molar-refractivity contribution < 1.29 is 17.6 Å². The molecule has 0 saturated heterocycles. The second kappa shape index (κ2) is 8.18. The second-order valence-corrected chi connectivity index (χ2v) is 8.41. The number of aryl methyl sites for hydroxylation is 1. The summed E-state index contributed by atoms with van der Waals surface area (Å²) in [6.45, 7) is 1.67. The number of rotatable bonds is 6. The fourth-order valence-electron chi connectivity index (χ4n) is 1.99. The zero-order valence-corrected chi connectivity index (χ0v) is 15.9. The Hall–Kier alpha value is -1.61. The Morgan fingerprint density at radius 2 is 1.96 bits per heavy atom. The monoisotopic (exact) mass is 402 g/mol. The van der Waals surface area contributed by atoms with Crippen molar-refractivity contribution in [3.8, 4) is 0 Å². The van der Waals surface area contributed by atoms with Crippen LogP contribution < -0.4 is 10.0 Å². The van der Waals surface area contributed by atoms with E-state index in [0.717, 1.165) is 0 Å². The zero-order chi connectivity index (χ0) is 18.6. The van der Waals surface area contributed by atoms with Crippen molar-refractivity contribution in [1.82, 2.24) is 4.72 Å². The van der Waals surface area contributed by atoms with Crippen LogP contribution in [0, 0.1) is 12.7 Å². The first-order valence-corrected chi connectivity index (χ1v) is 9.99. The number of nitrogens with one attached hydrogen (secondary N) is 2. The third-order valence-electron chi connectivity index (χ3n) is 3.29. The summed E-state index contributed by atoms with van der Waals surface area (Å²) >= 11 is 6.89. The average Bonchev–Trinajstić information content (AvgIpc) is 2.57. The molecule has 0 aromatic heterocycles. The number of sulfonamides is 1. The number of hydrogen-bond donors (Lipinski definition) is 2. The predicted molar refractivity (Wildman–Crippen MR) is 98.2 cm³/mol. The van der Waals surface area contributed by atoms with Crippen molar-refractivity contribution in [2.24, 2.45) is 0 Å². The van der Waals surface area contributed by atoms with Crippen LogP contribution in [0.1, 0.15) is 5.56 Å². The van der Waals surface area contributed by atoms with Gasteiger partial charge in [-0.15, -0.1) is 11.8 Å². The zero-order valence-electron chi connectivity index (χ0n) is 13.5. The minimum absolute atomic E-state index is 0.00847. The lowest BCUT2D eigenvalue weighted by molar-refractivity contribution is -0.113. The third-order valence-corrected chi connectivity index (χ3v) is 6.13. The molecule has 2 rings (SSSR count). The van der Waals surface area contributed by atoms with Gasteiger partial charge in [0.15, 0.2) is 0 Å². The van der Waals surface area contributed by atoms with E-state index < -0.39 is 15.8 Å². The van der Waals surface area contributed by atoms with Gasteiger partial charge in [0.1, 0.15) is 5.82 Å². The number of carbonyl (C=O) groups is 1. The van der Waals surface area contributed by atoms with Crippen LogP contribution in [0.5, 0.6) is 0 Å². The highest BCUT2D eigenvalue weighted by Gasteiger charge is 2.16. The molecule has 0 saturated carbocycles. The second-order valence-electron chi connectivity index (χ2n) is 5.10. The van der Waals surface area contributed by atoms with E-state index in [1.54, 1.807) is 19.1 Å². The quantitative estimate of drug-likeness (QED) is 0.726. The predicted octanol–water partition coefficient (Wildman–Crippen LogP) is 3.43. The van der Waals surface area contributed by atoms with Gasteiger partial charge >= 0.3 is 0 Å². The van der Waals surface area contributed by atoms with E-state index in [4.69, 9.17) is 11.6 Å². The van der Waals surface area contributed by atoms with Crippen molar-refractivity contribution in [3.63, 3.8) is 0 Å². The van der Waals surface area contributed by atoms with Gasteiger partial charge in [-0.2, -0.15) is 0 Å². The SMILES string of the molecule is CNS(=O)(=O)c1cc(NC(=O)CSc2ccc(F)c(Cl)c2)ccc1C. The Kier molecular flexibility index (Phi) is 6.45. The lowest BCUT2D eigenvalue weighted by Crippen LogP contribution is -2.20. The van der Waals surface area contributed by atoms with Crippen LogP contribution in [-0.4, -0.2) is 27.1 Å². The topological polar surface area (TPSA) is 75.3 Å². The number of thioether (sulfide) groups is 1. The van der Waals surface area contributed by atoms with Gasteiger partial charge < -0.3 is 5.32 Å². The molecule has 0 bridgehead atoms. The van der Waals surface area contributed by atoms with Crippen molar-refractivity contribution in [2.75, 3.05) is 18.1 Å². The minimum Gasteiger partial charge on any atom is -0.325 e. The Morgan fingerprint density at radius 1 is 1.24 bits per heavy atom. The molecule has 0 spiro atoms. The van der Waals surface area contributed by atoms with Crippen molar-refractivity contribution in [3.05, 3.63) is 52.8 Å². The van der Waals surface area contributed by atoms with Gasteiger partial charge in [0.05, 0.1) is 15.7 Å². The third kappa shape index (κ3) is 5.18. The number of anilines is 1. The lowest BCUT2D eigenvalue weighted by Gasteiger charge is -2.10. The summed E-state index contributed by atoms with van der Waals surface area (Å²) in [7, 11) is -2.28.